The van der Waals surface area contributed by atoms with Gasteiger partial charge in [0.25, 0.3) is 0 Å². The minimum atomic E-state index is 0.579. The molecule has 3 nitrogen and oxygen atoms in total. The molecule has 0 saturated carbocycles. The number of aromatic nitrogens is 1. The van der Waals surface area contributed by atoms with Crippen LogP contribution in [-0.2, 0) is 6.54 Å². The first-order valence-electron chi connectivity index (χ1n) is 5.31. The molecule has 1 N–H and O–H groups in total. The van der Waals surface area contributed by atoms with Gasteiger partial charge in [-0.1, -0.05) is 11.6 Å². The molecule has 1 unspecified atom stereocenters. The number of piperazine rings is 1. The minimum absolute atomic E-state index is 0.579. The summed E-state index contributed by atoms with van der Waals surface area (Å²) in [5.74, 6) is 0. The first-order valence-corrected chi connectivity index (χ1v) is 5.69. The Labute approximate surface area is 95.4 Å². The van der Waals surface area contributed by atoms with Crippen molar-refractivity contribution in [1.82, 2.24) is 15.2 Å². The van der Waals surface area contributed by atoms with Crippen LogP contribution in [0.4, 0.5) is 0 Å². The Morgan fingerprint density at radius 3 is 3.27 bits per heavy atom. The summed E-state index contributed by atoms with van der Waals surface area (Å²) in [4.78, 5) is 6.45. The molecule has 82 valence electrons. The summed E-state index contributed by atoms with van der Waals surface area (Å²) in [7, 11) is 0. The molecule has 2 heterocycles. The number of hydrogen-bond acceptors (Lipinski definition) is 3. The second-order valence-corrected chi connectivity index (χ2v) is 4.40. The monoisotopic (exact) mass is 225 g/mol. The maximum Gasteiger partial charge on any atom is 0.129 e. The highest BCUT2D eigenvalue weighted by atomic mass is 35.5. The van der Waals surface area contributed by atoms with Gasteiger partial charge < -0.3 is 5.32 Å². The van der Waals surface area contributed by atoms with E-state index in [-0.39, 0.29) is 0 Å². The molecule has 0 aromatic carbocycles. The van der Waals surface area contributed by atoms with Gasteiger partial charge in [0.05, 0.1) is 0 Å². The van der Waals surface area contributed by atoms with Crippen molar-refractivity contribution in [2.24, 2.45) is 0 Å². The lowest BCUT2D eigenvalue weighted by Gasteiger charge is -2.33. The number of hydrogen-bond donors (Lipinski definition) is 1. The molecule has 1 fully saturated rings. The smallest absolute Gasteiger partial charge is 0.129 e. The fourth-order valence-electron chi connectivity index (χ4n) is 1.89. The van der Waals surface area contributed by atoms with Crippen LogP contribution >= 0.6 is 11.6 Å². The van der Waals surface area contributed by atoms with Gasteiger partial charge in [-0.2, -0.15) is 0 Å². The largest absolute Gasteiger partial charge is 0.314 e. The lowest BCUT2D eigenvalue weighted by Crippen LogP contribution is -2.49. The number of nitrogens with one attached hydrogen (secondary N) is 1. The van der Waals surface area contributed by atoms with Gasteiger partial charge in [-0.05, 0) is 24.6 Å². The SMILES string of the molecule is CC1CNCCN1Cc1ccnc(Cl)c1. The molecular weight excluding hydrogens is 210 g/mol. The molecule has 2 rings (SSSR count). The van der Waals surface area contributed by atoms with E-state index in [1.165, 1.54) is 5.56 Å². The zero-order valence-electron chi connectivity index (χ0n) is 8.91. The Kier molecular flexibility index (Phi) is 3.57. The number of nitrogens with zero attached hydrogens (tertiary/aromatic N) is 2. The first-order chi connectivity index (χ1) is 7.25. The van der Waals surface area contributed by atoms with E-state index in [1.54, 1.807) is 6.20 Å². The molecule has 0 radical (unpaired) electrons. The summed E-state index contributed by atoms with van der Waals surface area (Å²) >= 11 is 5.86. The lowest BCUT2D eigenvalue weighted by atomic mass is 10.2. The summed E-state index contributed by atoms with van der Waals surface area (Å²) in [6, 6.07) is 4.56. The quantitative estimate of drug-likeness (QED) is 0.774. The predicted molar refractivity (Wildman–Crippen MR) is 62.0 cm³/mol. The molecule has 1 aliphatic rings. The van der Waals surface area contributed by atoms with Crippen molar-refractivity contribution in [1.29, 1.82) is 0 Å². The zero-order valence-corrected chi connectivity index (χ0v) is 9.67. The van der Waals surface area contributed by atoms with Crippen molar-refractivity contribution in [3.8, 4) is 0 Å². The van der Waals surface area contributed by atoms with Gasteiger partial charge in [-0.25, -0.2) is 4.98 Å². The van der Waals surface area contributed by atoms with Gasteiger partial charge in [0.15, 0.2) is 0 Å². The van der Waals surface area contributed by atoms with Crippen LogP contribution in [0.2, 0.25) is 5.15 Å². The molecule has 0 spiro atoms. The van der Waals surface area contributed by atoms with Crippen LogP contribution in [0.25, 0.3) is 0 Å². The zero-order chi connectivity index (χ0) is 10.7. The maximum atomic E-state index is 5.86. The van der Waals surface area contributed by atoms with E-state index in [2.05, 4.69) is 22.1 Å². The average molecular weight is 226 g/mol. The summed E-state index contributed by atoms with van der Waals surface area (Å²) in [6.07, 6.45) is 1.77. The van der Waals surface area contributed by atoms with Crippen molar-refractivity contribution in [3.63, 3.8) is 0 Å². The Balaban J connectivity index is 2.01. The molecule has 1 aromatic rings. The fraction of sp³-hybridized carbons (Fsp3) is 0.545. The van der Waals surface area contributed by atoms with E-state index >= 15 is 0 Å². The van der Waals surface area contributed by atoms with E-state index in [4.69, 9.17) is 11.6 Å². The van der Waals surface area contributed by atoms with E-state index in [0.29, 0.717) is 11.2 Å². The molecule has 1 atom stereocenters. The Morgan fingerprint density at radius 2 is 2.53 bits per heavy atom. The normalized spacial score (nSPS) is 22.9. The third-order valence-electron chi connectivity index (χ3n) is 2.82. The van der Waals surface area contributed by atoms with Crippen LogP contribution in [0.3, 0.4) is 0 Å². The maximum absolute atomic E-state index is 5.86. The molecule has 1 aromatic heterocycles. The van der Waals surface area contributed by atoms with Gasteiger partial charge in [-0.3, -0.25) is 4.90 Å². The second kappa shape index (κ2) is 4.92. The van der Waals surface area contributed by atoms with Crippen molar-refractivity contribution in [3.05, 3.63) is 29.0 Å². The van der Waals surface area contributed by atoms with Gasteiger partial charge in [0.1, 0.15) is 5.15 Å². The summed E-state index contributed by atoms with van der Waals surface area (Å²) < 4.78 is 0. The second-order valence-electron chi connectivity index (χ2n) is 4.01. The van der Waals surface area contributed by atoms with Crippen LogP contribution in [-0.4, -0.2) is 35.6 Å². The Morgan fingerprint density at radius 1 is 1.67 bits per heavy atom. The molecule has 0 aliphatic carbocycles. The van der Waals surface area contributed by atoms with E-state index in [0.717, 1.165) is 26.2 Å². The average Bonchev–Trinajstić information content (AvgIpc) is 2.22. The van der Waals surface area contributed by atoms with E-state index in [1.807, 2.05) is 12.1 Å². The van der Waals surface area contributed by atoms with Crippen molar-refractivity contribution < 1.29 is 0 Å². The number of halogens is 1. The van der Waals surface area contributed by atoms with Crippen LogP contribution in [0.5, 0.6) is 0 Å². The summed E-state index contributed by atoms with van der Waals surface area (Å²) in [5.41, 5.74) is 1.24. The Hall–Kier alpha value is -0.640. The molecule has 0 amide bonds. The standard InChI is InChI=1S/C11H16ClN3/c1-9-7-13-4-5-15(9)8-10-2-3-14-11(12)6-10/h2-3,6,9,13H,4-5,7-8H2,1H3. The molecule has 1 saturated heterocycles. The topological polar surface area (TPSA) is 28.2 Å². The molecule has 1 aliphatic heterocycles. The first kappa shape index (κ1) is 10.9. The van der Waals surface area contributed by atoms with E-state index in [9.17, 15) is 0 Å². The van der Waals surface area contributed by atoms with Crippen LogP contribution < -0.4 is 5.32 Å². The minimum Gasteiger partial charge on any atom is -0.314 e. The third-order valence-corrected chi connectivity index (χ3v) is 3.02. The molecular formula is C11H16ClN3. The predicted octanol–water partition coefficient (Wildman–Crippen LogP) is 1.53. The van der Waals surface area contributed by atoms with Gasteiger partial charge in [0.2, 0.25) is 0 Å². The van der Waals surface area contributed by atoms with Gasteiger partial charge >= 0.3 is 0 Å². The molecule has 4 heteroatoms. The summed E-state index contributed by atoms with van der Waals surface area (Å²) in [6.45, 7) is 6.45. The van der Waals surface area contributed by atoms with Crippen molar-refractivity contribution in [2.45, 2.75) is 19.5 Å². The lowest BCUT2D eigenvalue weighted by molar-refractivity contribution is 0.165. The third kappa shape index (κ3) is 2.91. The van der Waals surface area contributed by atoms with Crippen LogP contribution in [0.1, 0.15) is 12.5 Å². The fourth-order valence-corrected chi connectivity index (χ4v) is 2.09. The highest BCUT2D eigenvalue weighted by Gasteiger charge is 2.17. The molecule has 0 bridgehead atoms. The van der Waals surface area contributed by atoms with Crippen LogP contribution in [0.15, 0.2) is 18.3 Å². The number of rotatable bonds is 2. The highest BCUT2D eigenvalue weighted by molar-refractivity contribution is 6.29. The summed E-state index contributed by atoms with van der Waals surface area (Å²) in [5, 5.41) is 3.96. The van der Waals surface area contributed by atoms with Crippen molar-refractivity contribution in [2.75, 3.05) is 19.6 Å². The molecule has 15 heavy (non-hydrogen) atoms. The van der Waals surface area contributed by atoms with Crippen molar-refractivity contribution >= 4 is 11.6 Å². The van der Waals surface area contributed by atoms with Gasteiger partial charge in [-0.15, -0.1) is 0 Å². The van der Waals surface area contributed by atoms with E-state index < -0.39 is 0 Å². The number of pyridine rings is 1. The highest BCUT2D eigenvalue weighted by Crippen LogP contribution is 2.12. The van der Waals surface area contributed by atoms with Crippen LogP contribution in [0, 0.1) is 0 Å². The van der Waals surface area contributed by atoms with Gasteiger partial charge in [0, 0.05) is 38.4 Å². The Bertz CT molecular complexity index is 329.